The lowest BCUT2D eigenvalue weighted by Gasteiger charge is -2.25. The predicted octanol–water partition coefficient (Wildman–Crippen LogP) is 3.57. The fourth-order valence-corrected chi connectivity index (χ4v) is 2.05. The van der Waals surface area contributed by atoms with Gasteiger partial charge in [-0.05, 0) is 38.3 Å². The van der Waals surface area contributed by atoms with Gasteiger partial charge in [-0.3, -0.25) is 0 Å². The Morgan fingerprint density at radius 2 is 2.00 bits per heavy atom. The molecule has 1 aromatic rings. The van der Waals surface area contributed by atoms with Crippen LogP contribution in [0.2, 0.25) is 0 Å². The normalized spacial score (nSPS) is 12.0. The number of hydrogen-bond donors (Lipinski definition) is 1. The van der Waals surface area contributed by atoms with E-state index in [0.29, 0.717) is 0 Å². The largest absolute Gasteiger partial charge is 0.354 e. The van der Waals surface area contributed by atoms with E-state index in [1.54, 1.807) is 0 Å². The van der Waals surface area contributed by atoms with Crippen molar-refractivity contribution in [3.63, 3.8) is 0 Å². The van der Waals surface area contributed by atoms with E-state index in [1.807, 2.05) is 0 Å². The highest BCUT2D eigenvalue weighted by atomic mass is 15.0. The van der Waals surface area contributed by atoms with Crippen molar-refractivity contribution >= 4 is 0 Å². The molecule has 16 heavy (non-hydrogen) atoms. The molecule has 0 spiro atoms. The van der Waals surface area contributed by atoms with Crippen LogP contribution >= 0.6 is 0 Å². The molecule has 0 aliphatic carbocycles. The summed E-state index contributed by atoms with van der Waals surface area (Å²) in [5, 5.41) is 3.62. The molecule has 1 rings (SSSR count). The topological polar surface area (TPSA) is 17.0 Å². The van der Waals surface area contributed by atoms with E-state index in [2.05, 4.69) is 56.0 Å². The Balaban J connectivity index is 2.41. The van der Waals surface area contributed by atoms with E-state index < -0.39 is 0 Å². The van der Waals surface area contributed by atoms with E-state index in [0.717, 1.165) is 13.1 Å². The lowest BCUT2D eigenvalue weighted by Crippen LogP contribution is -2.38. The quantitative estimate of drug-likeness (QED) is 0.746. The van der Waals surface area contributed by atoms with E-state index >= 15 is 0 Å². The van der Waals surface area contributed by atoms with Crippen LogP contribution in [0.4, 0.5) is 0 Å². The summed E-state index contributed by atoms with van der Waals surface area (Å²) in [6.07, 6.45) is 8.08. The van der Waals surface area contributed by atoms with Crippen molar-refractivity contribution in [3.8, 4) is 0 Å². The predicted molar refractivity (Wildman–Crippen MR) is 70.5 cm³/mol. The monoisotopic (exact) mass is 222 g/mol. The number of aromatic nitrogens is 1. The molecular weight excluding hydrogens is 196 g/mol. The van der Waals surface area contributed by atoms with Crippen LogP contribution in [0.1, 0.15) is 52.5 Å². The van der Waals surface area contributed by atoms with E-state index in [-0.39, 0.29) is 5.54 Å². The molecule has 2 nitrogen and oxygen atoms in total. The summed E-state index contributed by atoms with van der Waals surface area (Å²) in [5.41, 5.74) is 1.64. The number of nitrogens with zero attached hydrogens (tertiary/aromatic N) is 1. The molecule has 2 heteroatoms. The Labute approximate surface area is 100 Å². The fraction of sp³-hybridized carbons (Fsp3) is 0.714. The summed E-state index contributed by atoms with van der Waals surface area (Å²) in [6, 6.07) is 2.21. The van der Waals surface area contributed by atoms with Crippen molar-refractivity contribution in [1.29, 1.82) is 0 Å². The van der Waals surface area contributed by atoms with E-state index in [1.165, 1.54) is 24.8 Å². The Morgan fingerprint density at radius 1 is 1.25 bits per heavy atom. The molecule has 0 unspecified atom stereocenters. The minimum atomic E-state index is 0.252. The molecule has 0 saturated heterocycles. The third-order valence-corrected chi connectivity index (χ3v) is 2.94. The number of aryl methyl sites for hydroxylation is 1. The van der Waals surface area contributed by atoms with Crippen molar-refractivity contribution in [1.82, 2.24) is 9.88 Å². The number of nitrogens with one attached hydrogen (secondary N) is 1. The van der Waals surface area contributed by atoms with Crippen molar-refractivity contribution in [2.24, 2.45) is 0 Å². The van der Waals surface area contributed by atoms with Gasteiger partial charge in [-0.15, -0.1) is 0 Å². The van der Waals surface area contributed by atoms with Gasteiger partial charge in [-0.2, -0.15) is 0 Å². The summed E-state index contributed by atoms with van der Waals surface area (Å²) < 4.78 is 2.27. The highest BCUT2D eigenvalue weighted by Gasteiger charge is 2.15. The third kappa shape index (κ3) is 4.40. The van der Waals surface area contributed by atoms with Crippen LogP contribution in [0, 0.1) is 0 Å². The molecule has 1 heterocycles. The minimum absolute atomic E-state index is 0.252. The molecule has 0 atom stereocenters. The maximum Gasteiger partial charge on any atom is 0.0225 e. The van der Waals surface area contributed by atoms with Crippen LogP contribution in [-0.4, -0.2) is 10.1 Å². The SMILES string of the molecule is CCCn1ccc(CNC(C)(C)CCC)c1. The van der Waals surface area contributed by atoms with Gasteiger partial charge in [0.2, 0.25) is 0 Å². The number of rotatable bonds is 7. The van der Waals surface area contributed by atoms with Gasteiger partial charge in [0.25, 0.3) is 0 Å². The van der Waals surface area contributed by atoms with Gasteiger partial charge in [0.15, 0.2) is 0 Å². The smallest absolute Gasteiger partial charge is 0.0225 e. The van der Waals surface area contributed by atoms with Crippen LogP contribution in [0.15, 0.2) is 18.5 Å². The Bertz CT molecular complexity index is 299. The second kappa shape index (κ2) is 6.09. The van der Waals surface area contributed by atoms with Crippen LogP contribution in [0.25, 0.3) is 0 Å². The molecule has 0 aromatic carbocycles. The van der Waals surface area contributed by atoms with E-state index in [4.69, 9.17) is 0 Å². The molecule has 0 radical (unpaired) electrons. The van der Waals surface area contributed by atoms with Crippen LogP contribution in [0.3, 0.4) is 0 Å². The van der Waals surface area contributed by atoms with Gasteiger partial charge in [0, 0.05) is 31.0 Å². The maximum absolute atomic E-state index is 3.62. The Kier molecular flexibility index (Phi) is 5.07. The summed E-state index contributed by atoms with van der Waals surface area (Å²) in [6.45, 7) is 11.1. The Hall–Kier alpha value is -0.760. The first-order chi connectivity index (χ1) is 7.57. The standard InChI is InChI=1S/C14H26N2/c1-5-8-14(3,4)15-11-13-7-10-16(12-13)9-6-2/h7,10,12,15H,5-6,8-9,11H2,1-4H3. The molecule has 0 fully saturated rings. The summed E-state index contributed by atoms with van der Waals surface area (Å²) in [5.74, 6) is 0. The fourth-order valence-electron chi connectivity index (χ4n) is 2.05. The average Bonchev–Trinajstić information content (AvgIpc) is 2.64. The first-order valence-electron chi connectivity index (χ1n) is 6.47. The van der Waals surface area contributed by atoms with Crippen LogP contribution < -0.4 is 5.32 Å². The third-order valence-electron chi connectivity index (χ3n) is 2.94. The van der Waals surface area contributed by atoms with Gasteiger partial charge in [-0.25, -0.2) is 0 Å². The molecule has 0 aliphatic rings. The van der Waals surface area contributed by atoms with Crippen LogP contribution in [-0.2, 0) is 13.1 Å². The van der Waals surface area contributed by atoms with Crippen LogP contribution in [0.5, 0.6) is 0 Å². The lowest BCUT2D eigenvalue weighted by atomic mass is 9.99. The zero-order chi connectivity index (χ0) is 12.0. The minimum Gasteiger partial charge on any atom is -0.354 e. The van der Waals surface area contributed by atoms with Gasteiger partial charge >= 0.3 is 0 Å². The second-order valence-electron chi connectivity index (χ2n) is 5.25. The first kappa shape index (κ1) is 13.3. The lowest BCUT2D eigenvalue weighted by molar-refractivity contribution is 0.357. The molecule has 92 valence electrons. The Morgan fingerprint density at radius 3 is 2.62 bits per heavy atom. The van der Waals surface area contributed by atoms with Crippen molar-refractivity contribution in [3.05, 3.63) is 24.0 Å². The van der Waals surface area contributed by atoms with Gasteiger partial charge < -0.3 is 9.88 Å². The van der Waals surface area contributed by atoms with Crippen molar-refractivity contribution in [2.45, 2.75) is 65.6 Å². The van der Waals surface area contributed by atoms with Gasteiger partial charge in [0.1, 0.15) is 0 Å². The average molecular weight is 222 g/mol. The molecule has 0 amide bonds. The van der Waals surface area contributed by atoms with Crippen molar-refractivity contribution in [2.75, 3.05) is 0 Å². The van der Waals surface area contributed by atoms with Gasteiger partial charge in [0.05, 0.1) is 0 Å². The molecule has 0 aliphatic heterocycles. The highest BCUT2D eigenvalue weighted by Crippen LogP contribution is 2.12. The molecule has 1 aromatic heterocycles. The summed E-state index contributed by atoms with van der Waals surface area (Å²) in [7, 11) is 0. The summed E-state index contributed by atoms with van der Waals surface area (Å²) >= 11 is 0. The zero-order valence-corrected chi connectivity index (χ0v) is 11.2. The van der Waals surface area contributed by atoms with Crippen molar-refractivity contribution < 1.29 is 0 Å². The first-order valence-corrected chi connectivity index (χ1v) is 6.47. The molecular formula is C14H26N2. The molecule has 1 N–H and O–H groups in total. The second-order valence-corrected chi connectivity index (χ2v) is 5.25. The zero-order valence-electron chi connectivity index (χ0n) is 11.2. The highest BCUT2D eigenvalue weighted by molar-refractivity contribution is 5.10. The van der Waals surface area contributed by atoms with Gasteiger partial charge in [-0.1, -0.05) is 20.3 Å². The summed E-state index contributed by atoms with van der Waals surface area (Å²) in [4.78, 5) is 0. The number of hydrogen-bond acceptors (Lipinski definition) is 1. The maximum atomic E-state index is 3.62. The van der Waals surface area contributed by atoms with E-state index in [9.17, 15) is 0 Å². The molecule has 0 bridgehead atoms. The molecule has 0 saturated carbocycles.